The van der Waals surface area contributed by atoms with Gasteiger partial charge < -0.3 is 5.32 Å². The number of aryl methyl sites for hydroxylation is 2. The third kappa shape index (κ3) is 4.52. The Morgan fingerprint density at radius 1 is 1.00 bits per heavy atom. The first-order valence-corrected chi connectivity index (χ1v) is 13.2. The average Bonchev–Trinajstić information content (AvgIpc) is 2.83. The Balaban J connectivity index is 1.61. The Bertz CT molecular complexity index is 1370. The summed E-state index contributed by atoms with van der Waals surface area (Å²) in [7, 11) is -3.53. The molecule has 0 aliphatic carbocycles. The molecule has 0 bridgehead atoms. The highest BCUT2D eigenvalue weighted by Crippen LogP contribution is 2.26. The first-order valence-electron chi connectivity index (χ1n) is 11.8. The number of nitrogens with zero attached hydrogens (tertiary/aromatic N) is 2. The predicted octanol–water partition coefficient (Wildman–Crippen LogP) is 4.38. The van der Waals surface area contributed by atoms with Gasteiger partial charge in [-0.25, -0.2) is 8.42 Å². The van der Waals surface area contributed by atoms with Crippen molar-refractivity contribution in [3.63, 3.8) is 0 Å². The number of aromatic nitrogens is 1. The van der Waals surface area contributed by atoms with E-state index < -0.39 is 16.1 Å². The van der Waals surface area contributed by atoms with E-state index in [1.807, 2.05) is 39.0 Å². The number of piperidine rings is 1. The monoisotopic (exact) mass is 481 g/mol. The van der Waals surface area contributed by atoms with Crippen LogP contribution in [0.3, 0.4) is 0 Å². The summed E-state index contributed by atoms with van der Waals surface area (Å²) in [5, 5.41) is 3.81. The van der Waals surface area contributed by atoms with E-state index in [0.717, 1.165) is 41.3 Å². The van der Waals surface area contributed by atoms with Gasteiger partial charge in [0.25, 0.3) is 5.56 Å². The maximum atomic E-state index is 13.3. The molecule has 4 rings (SSSR count). The van der Waals surface area contributed by atoms with Gasteiger partial charge in [0.15, 0.2) is 0 Å². The molecule has 8 heteroatoms. The number of benzene rings is 2. The summed E-state index contributed by atoms with van der Waals surface area (Å²) in [6.45, 7) is 6.78. The summed E-state index contributed by atoms with van der Waals surface area (Å²) >= 11 is 0. The fraction of sp³-hybridized carbons (Fsp3) is 0.385. The van der Waals surface area contributed by atoms with Crippen LogP contribution in [0.15, 0.2) is 58.2 Å². The SMILES string of the molecule is CCC(C(=O)Nc1ccc(S(=O)(=O)N2CCCCC2)cc1)n1c(=O)cc(C)c2cccc(C)c21. The van der Waals surface area contributed by atoms with Crippen LogP contribution >= 0.6 is 0 Å². The van der Waals surface area contributed by atoms with Crippen molar-refractivity contribution in [2.24, 2.45) is 0 Å². The molecule has 1 atom stereocenters. The van der Waals surface area contributed by atoms with Gasteiger partial charge >= 0.3 is 0 Å². The Morgan fingerprint density at radius 3 is 2.32 bits per heavy atom. The number of sulfonamides is 1. The van der Waals surface area contributed by atoms with Crippen LogP contribution in [0.4, 0.5) is 5.69 Å². The second-order valence-corrected chi connectivity index (χ2v) is 10.8. The van der Waals surface area contributed by atoms with Gasteiger partial charge in [-0.15, -0.1) is 0 Å². The number of amides is 1. The van der Waals surface area contributed by atoms with E-state index in [1.54, 1.807) is 22.8 Å². The van der Waals surface area contributed by atoms with E-state index in [2.05, 4.69) is 5.32 Å². The van der Waals surface area contributed by atoms with Crippen LogP contribution in [0.1, 0.15) is 49.8 Å². The number of fused-ring (bicyclic) bond motifs is 1. The summed E-state index contributed by atoms with van der Waals surface area (Å²) in [4.78, 5) is 26.5. The lowest BCUT2D eigenvalue weighted by Crippen LogP contribution is -2.35. The lowest BCUT2D eigenvalue weighted by Gasteiger charge is -2.26. The van der Waals surface area contributed by atoms with Crippen molar-refractivity contribution < 1.29 is 13.2 Å². The Kier molecular flexibility index (Phi) is 6.91. The Labute approximate surface area is 200 Å². The molecule has 0 spiro atoms. The molecule has 1 fully saturated rings. The van der Waals surface area contributed by atoms with E-state index >= 15 is 0 Å². The number of hydrogen-bond donors (Lipinski definition) is 1. The van der Waals surface area contributed by atoms with Gasteiger partial charge in [0.2, 0.25) is 15.9 Å². The quantitative estimate of drug-likeness (QED) is 0.566. The summed E-state index contributed by atoms with van der Waals surface area (Å²) < 4.78 is 28.9. The molecule has 1 aromatic heterocycles. The molecule has 0 saturated carbocycles. The molecule has 0 radical (unpaired) electrons. The molecule has 3 aromatic rings. The van der Waals surface area contributed by atoms with Gasteiger partial charge in [0.05, 0.1) is 10.4 Å². The number of anilines is 1. The first kappa shape index (κ1) is 24.2. The smallest absolute Gasteiger partial charge is 0.252 e. The van der Waals surface area contributed by atoms with Crippen LogP contribution < -0.4 is 10.9 Å². The van der Waals surface area contributed by atoms with Crippen molar-refractivity contribution in [3.05, 3.63) is 70.0 Å². The fourth-order valence-corrected chi connectivity index (χ4v) is 6.24. The van der Waals surface area contributed by atoms with E-state index in [9.17, 15) is 18.0 Å². The number of pyridine rings is 1. The maximum Gasteiger partial charge on any atom is 0.252 e. The third-order valence-corrected chi connectivity index (χ3v) is 8.47. The van der Waals surface area contributed by atoms with Crippen molar-refractivity contribution in [2.45, 2.75) is 57.4 Å². The second-order valence-electron chi connectivity index (χ2n) is 8.91. The van der Waals surface area contributed by atoms with Crippen molar-refractivity contribution in [3.8, 4) is 0 Å². The fourth-order valence-electron chi connectivity index (χ4n) is 4.72. The molecule has 1 aliphatic rings. The van der Waals surface area contributed by atoms with Gasteiger partial charge in [-0.3, -0.25) is 14.2 Å². The topological polar surface area (TPSA) is 88.5 Å². The average molecular weight is 482 g/mol. The molecule has 2 aromatic carbocycles. The lowest BCUT2D eigenvalue weighted by molar-refractivity contribution is -0.119. The zero-order valence-electron chi connectivity index (χ0n) is 19.9. The highest BCUT2D eigenvalue weighted by molar-refractivity contribution is 7.89. The third-order valence-electron chi connectivity index (χ3n) is 6.56. The van der Waals surface area contributed by atoms with E-state index in [-0.39, 0.29) is 16.4 Å². The number of carbonyl (C=O) groups excluding carboxylic acids is 1. The van der Waals surface area contributed by atoms with Crippen LogP contribution in [-0.2, 0) is 14.8 Å². The Hall–Kier alpha value is -2.97. The summed E-state index contributed by atoms with van der Waals surface area (Å²) in [6, 6.07) is 13.0. The van der Waals surface area contributed by atoms with Crippen molar-refractivity contribution in [2.75, 3.05) is 18.4 Å². The number of rotatable bonds is 6. The second kappa shape index (κ2) is 9.72. The number of carbonyl (C=O) groups is 1. The summed E-state index contributed by atoms with van der Waals surface area (Å²) in [6.07, 6.45) is 3.23. The van der Waals surface area contributed by atoms with Crippen molar-refractivity contribution in [1.29, 1.82) is 0 Å². The molecule has 34 heavy (non-hydrogen) atoms. The van der Waals surface area contributed by atoms with Crippen LogP contribution in [0.5, 0.6) is 0 Å². The molecular formula is C26H31N3O4S. The predicted molar refractivity (Wildman–Crippen MR) is 135 cm³/mol. The molecule has 1 saturated heterocycles. The number of para-hydroxylation sites is 1. The van der Waals surface area contributed by atoms with Crippen molar-refractivity contribution >= 4 is 32.5 Å². The van der Waals surface area contributed by atoms with Gasteiger partial charge in [-0.05, 0) is 68.5 Å². The molecular weight excluding hydrogens is 450 g/mol. The molecule has 180 valence electrons. The Morgan fingerprint density at radius 2 is 1.68 bits per heavy atom. The van der Waals surface area contributed by atoms with Gasteiger partial charge in [0, 0.05) is 30.2 Å². The highest BCUT2D eigenvalue weighted by Gasteiger charge is 2.26. The molecule has 2 heterocycles. The first-order chi connectivity index (χ1) is 16.2. The highest BCUT2D eigenvalue weighted by atomic mass is 32.2. The molecule has 1 amide bonds. The van der Waals surface area contributed by atoms with Crippen LogP contribution in [-0.4, -0.2) is 36.3 Å². The van der Waals surface area contributed by atoms with E-state index in [4.69, 9.17) is 0 Å². The molecule has 1 unspecified atom stereocenters. The zero-order chi connectivity index (χ0) is 24.5. The van der Waals surface area contributed by atoms with Gasteiger partial charge in [-0.2, -0.15) is 4.31 Å². The van der Waals surface area contributed by atoms with E-state index in [1.165, 1.54) is 16.4 Å². The van der Waals surface area contributed by atoms with Crippen LogP contribution in [0.2, 0.25) is 0 Å². The molecule has 7 nitrogen and oxygen atoms in total. The summed E-state index contributed by atoms with van der Waals surface area (Å²) in [5.74, 6) is -0.315. The largest absolute Gasteiger partial charge is 0.324 e. The van der Waals surface area contributed by atoms with Gasteiger partial charge in [-0.1, -0.05) is 31.5 Å². The molecule has 1 N–H and O–H groups in total. The summed E-state index contributed by atoms with van der Waals surface area (Å²) in [5.41, 5.74) is 2.83. The minimum Gasteiger partial charge on any atom is -0.324 e. The van der Waals surface area contributed by atoms with E-state index in [0.29, 0.717) is 25.2 Å². The molecule has 1 aliphatic heterocycles. The normalized spacial score (nSPS) is 15.9. The minimum absolute atomic E-state index is 0.218. The van der Waals surface area contributed by atoms with Crippen LogP contribution in [0.25, 0.3) is 10.9 Å². The zero-order valence-corrected chi connectivity index (χ0v) is 20.7. The minimum atomic E-state index is -3.53. The standard InChI is InChI=1S/C26H31N3O4S/c1-4-23(29-24(30)17-19(3)22-10-8-9-18(2)25(22)29)26(31)27-20-11-13-21(14-12-20)34(32,33)28-15-6-5-7-16-28/h8-14,17,23H,4-7,15-16H2,1-3H3,(H,27,31). The number of nitrogens with one attached hydrogen (secondary N) is 1. The van der Waals surface area contributed by atoms with Crippen molar-refractivity contribution in [1.82, 2.24) is 8.87 Å². The van der Waals surface area contributed by atoms with Gasteiger partial charge in [0.1, 0.15) is 6.04 Å². The number of hydrogen-bond acceptors (Lipinski definition) is 4. The van der Waals surface area contributed by atoms with Crippen LogP contribution in [0, 0.1) is 13.8 Å². The lowest BCUT2D eigenvalue weighted by atomic mass is 10.0. The maximum absolute atomic E-state index is 13.3.